The monoisotopic (exact) mass is 277 g/mol. The molecule has 0 aliphatic carbocycles. The van der Waals surface area contributed by atoms with Crippen molar-refractivity contribution in [3.05, 3.63) is 29.3 Å². The van der Waals surface area contributed by atoms with Crippen LogP contribution in [0.25, 0.3) is 0 Å². The fraction of sp³-hybridized carbons (Fsp3) is 0.222. The smallest absolute Gasteiger partial charge is 0.249 e. The lowest BCUT2D eigenvalue weighted by molar-refractivity contribution is -0.121. The van der Waals surface area contributed by atoms with E-state index in [9.17, 15) is 13.2 Å². The number of rotatable bonds is 4. The summed E-state index contributed by atoms with van der Waals surface area (Å²) < 4.78 is 24.8. The zero-order valence-electron chi connectivity index (χ0n) is 9.05. The van der Waals surface area contributed by atoms with Crippen molar-refractivity contribution in [2.24, 2.45) is 5.84 Å². The number of carbonyl (C=O) groups is 1. The third-order valence-corrected chi connectivity index (χ3v) is 4.12. The molecule has 1 rings (SSSR count). The summed E-state index contributed by atoms with van der Waals surface area (Å²) in [6.45, 7) is -0.346. The van der Waals surface area contributed by atoms with Gasteiger partial charge < -0.3 is 0 Å². The summed E-state index contributed by atoms with van der Waals surface area (Å²) in [7, 11) is -2.41. The molecule has 0 aromatic heterocycles. The van der Waals surface area contributed by atoms with E-state index in [0.29, 0.717) is 5.02 Å². The summed E-state index contributed by atoms with van der Waals surface area (Å²) >= 11 is 5.66. The van der Waals surface area contributed by atoms with Crippen molar-refractivity contribution in [1.29, 1.82) is 0 Å². The van der Waals surface area contributed by atoms with Gasteiger partial charge in [0.25, 0.3) is 0 Å². The molecule has 0 radical (unpaired) electrons. The molecule has 1 amide bonds. The van der Waals surface area contributed by atoms with E-state index in [4.69, 9.17) is 17.4 Å². The SMILES string of the molecule is CN(CC(=O)NN)S(=O)(=O)c1ccc(Cl)cc1. The highest BCUT2D eigenvalue weighted by atomic mass is 35.5. The van der Waals surface area contributed by atoms with Crippen LogP contribution in [0.2, 0.25) is 5.02 Å². The largest absolute Gasteiger partial charge is 0.293 e. The van der Waals surface area contributed by atoms with Gasteiger partial charge in [0.05, 0.1) is 11.4 Å². The van der Waals surface area contributed by atoms with Crippen LogP contribution < -0.4 is 11.3 Å². The number of nitrogens with two attached hydrogens (primary N) is 1. The first kappa shape index (κ1) is 13.9. The topological polar surface area (TPSA) is 92.5 Å². The number of halogens is 1. The third-order valence-electron chi connectivity index (χ3n) is 2.05. The first-order valence-corrected chi connectivity index (χ1v) is 6.41. The maximum Gasteiger partial charge on any atom is 0.249 e. The molecule has 0 saturated carbocycles. The maximum absolute atomic E-state index is 12.0. The Labute approximate surface area is 104 Å². The Hall–Kier alpha value is -1.15. The number of likely N-dealkylation sites (N-methyl/N-ethyl adjacent to an activating group) is 1. The third kappa shape index (κ3) is 3.40. The molecule has 0 aliphatic rings. The second kappa shape index (κ2) is 5.46. The predicted molar refractivity (Wildman–Crippen MR) is 63.6 cm³/mol. The lowest BCUT2D eigenvalue weighted by Gasteiger charge is -2.15. The van der Waals surface area contributed by atoms with E-state index in [1.54, 1.807) is 0 Å². The highest BCUT2D eigenvalue weighted by Gasteiger charge is 2.22. The van der Waals surface area contributed by atoms with Gasteiger partial charge in [-0.25, -0.2) is 14.3 Å². The van der Waals surface area contributed by atoms with Crippen molar-refractivity contribution in [3.63, 3.8) is 0 Å². The van der Waals surface area contributed by atoms with Crippen molar-refractivity contribution in [1.82, 2.24) is 9.73 Å². The number of nitrogens with one attached hydrogen (secondary N) is 1. The van der Waals surface area contributed by atoms with E-state index in [0.717, 1.165) is 4.31 Å². The van der Waals surface area contributed by atoms with E-state index in [1.165, 1.54) is 31.3 Å². The molecule has 0 saturated heterocycles. The van der Waals surface area contributed by atoms with E-state index in [1.807, 2.05) is 5.43 Å². The molecule has 17 heavy (non-hydrogen) atoms. The van der Waals surface area contributed by atoms with Crippen molar-refractivity contribution >= 4 is 27.5 Å². The zero-order valence-corrected chi connectivity index (χ0v) is 10.6. The fourth-order valence-electron chi connectivity index (χ4n) is 1.12. The Balaban J connectivity index is 2.95. The first-order chi connectivity index (χ1) is 7.87. The van der Waals surface area contributed by atoms with Crippen LogP contribution in [0.3, 0.4) is 0 Å². The summed E-state index contributed by atoms with van der Waals surface area (Å²) in [6, 6.07) is 5.67. The van der Waals surface area contributed by atoms with Gasteiger partial charge in [-0.3, -0.25) is 10.2 Å². The summed E-state index contributed by atoms with van der Waals surface area (Å²) in [6.07, 6.45) is 0. The fourth-order valence-corrected chi connectivity index (χ4v) is 2.37. The molecule has 6 nitrogen and oxygen atoms in total. The predicted octanol–water partition coefficient (Wildman–Crippen LogP) is -0.0496. The second-order valence-electron chi connectivity index (χ2n) is 3.28. The van der Waals surface area contributed by atoms with E-state index < -0.39 is 15.9 Å². The van der Waals surface area contributed by atoms with Crippen LogP contribution in [-0.2, 0) is 14.8 Å². The molecular formula is C9H12ClN3O3S. The second-order valence-corrected chi connectivity index (χ2v) is 5.76. The maximum atomic E-state index is 12.0. The minimum Gasteiger partial charge on any atom is -0.293 e. The summed E-state index contributed by atoms with van der Waals surface area (Å²) in [5.74, 6) is 4.29. The Bertz CT molecular complexity index is 501. The van der Waals surface area contributed by atoms with Crippen LogP contribution >= 0.6 is 11.6 Å². The van der Waals surface area contributed by atoms with Gasteiger partial charge in [-0.15, -0.1) is 0 Å². The van der Waals surface area contributed by atoms with Gasteiger partial charge in [-0.1, -0.05) is 11.6 Å². The number of benzene rings is 1. The lowest BCUT2D eigenvalue weighted by Crippen LogP contribution is -2.41. The van der Waals surface area contributed by atoms with Gasteiger partial charge in [0.15, 0.2) is 0 Å². The number of carbonyl (C=O) groups excluding carboxylic acids is 1. The van der Waals surface area contributed by atoms with Crippen LogP contribution in [0, 0.1) is 0 Å². The Morgan fingerprint density at radius 1 is 1.41 bits per heavy atom. The van der Waals surface area contributed by atoms with Crippen LogP contribution in [0.4, 0.5) is 0 Å². The van der Waals surface area contributed by atoms with Gasteiger partial charge in [0.1, 0.15) is 0 Å². The number of amides is 1. The standard InChI is InChI=1S/C9H12ClN3O3S/c1-13(6-9(14)12-11)17(15,16)8-4-2-7(10)3-5-8/h2-5H,6,11H2,1H3,(H,12,14). The van der Waals surface area contributed by atoms with Gasteiger partial charge >= 0.3 is 0 Å². The number of nitrogens with zero attached hydrogens (tertiary/aromatic N) is 1. The normalized spacial score (nSPS) is 11.5. The molecule has 1 aromatic rings. The average molecular weight is 278 g/mol. The molecule has 94 valence electrons. The summed E-state index contributed by atoms with van der Waals surface area (Å²) in [5, 5.41) is 0.436. The van der Waals surface area contributed by atoms with E-state index in [2.05, 4.69) is 0 Å². The molecular weight excluding hydrogens is 266 g/mol. The number of hydrogen-bond donors (Lipinski definition) is 2. The highest BCUT2D eigenvalue weighted by molar-refractivity contribution is 7.89. The van der Waals surface area contributed by atoms with E-state index >= 15 is 0 Å². The molecule has 0 fully saturated rings. The molecule has 3 N–H and O–H groups in total. The minimum absolute atomic E-state index is 0.0641. The molecule has 1 aromatic carbocycles. The number of hydrogen-bond acceptors (Lipinski definition) is 4. The molecule has 0 bridgehead atoms. The Morgan fingerprint density at radius 2 is 1.94 bits per heavy atom. The van der Waals surface area contributed by atoms with Crippen molar-refractivity contribution in [2.45, 2.75) is 4.90 Å². The Kier molecular flexibility index (Phi) is 4.47. The molecule has 8 heteroatoms. The summed E-state index contributed by atoms with van der Waals surface area (Å²) in [5.41, 5.74) is 1.86. The van der Waals surface area contributed by atoms with Crippen LogP contribution in [0.1, 0.15) is 0 Å². The van der Waals surface area contributed by atoms with Gasteiger partial charge in [0.2, 0.25) is 15.9 Å². The highest BCUT2D eigenvalue weighted by Crippen LogP contribution is 2.17. The van der Waals surface area contributed by atoms with Gasteiger partial charge in [-0.2, -0.15) is 4.31 Å². The van der Waals surface area contributed by atoms with Crippen LogP contribution in [0.5, 0.6) is 0 Å². The van der Waals surface area contributed by atoms with Gasteiger partial charge in [0, 0.05) is 12.1 Å². The number of hydrazine groups is 1. The van der Waals surface area contributed by atoms with Crippen LogP contribution in [0.15, 0.2) is 29.2 Å². The van der Waals surface area contributed by atoms with Crippen molar-refractivity contribution in [3.8, 4) is 0 Å². The average Bonchev–Trinajstić information content (AvgIpc) is 2.29. The van der Waals surface area contributed by atoms with Crippen molar-refractivity contribution in [2.75, 3.05) is 13.6 Å². The molecule has 0 heterocycles. The van der Waals surface area contributed by atoms with E-state index in [-0.39, 0.29) is 11.4 Å². The van der Waals surface area contributed by atoms with Crippen LogP contribution in [-0.4, -0.2) is 32.2 Å². The molecule has 0 spiro atoms. The number of sulfonamides is 1. The first-order valence-electron chi connectivity index (χ1n) is 4.59. The Morgan fingerprint density at radius 3 is 2.41 bits per heavy atom. The quantitative estimate of drug-likeness (QED) is 0.458. The molecule has 0 aliphatic heterocycles. The van der Waals surface area contributed by atoms with Gasteiger partial charge in [-0.05, 0) is 24.3 Å². The lowest BCUT2D eigenvalue weighted by atomic mass is 10.4. The van der Waals surface area contributed by atoms with Crippen molar-refractivity contribution < 1.29 is 13.2 Å². The molecule has 0 unspecified atom stereocenters. The minimum atomic E-state index is -3.70. The molecule has 0 atom stereocenters. The summed E-state index contributed by atoms with van der Waals surface area (Å²) in [4.78, 5) is 11.1. The zero-order chi connectivity index (χ0) is 13.1.